The van der Waals surface area contributed by atoms with Crippen LogP contribution in [0.1, 0.15) is 59.3 Å². The average Bonchev–Trinajstić information content (AvgIpc) is 2.47. The number of aldehydes is 2. The first-order valence-corrected chi connectivity index (χ1v) is 7.45. The summed E-state index contributed by atoms with van der Waals surface area (Å²) in [6.45, 7) is 5.61. The SMILES string of the molecule is CCCCCC(C(C)C=O)C(C)C(=O)C(=O)CCC=O. The molecule has 0 aliphatic rings. The lowest BCUT2D eigenvalue weighted by molar-refractivity contribution is -0.140. The molecular formula is C16H26O4. The summed E-state index contributed by atoms with van der Waals surface area (Å²) in [5, 5.41) is 0. The Morgan fingerprint density at radius 1 is 1.10 bits per heavy atom. The van der Waals surface area contributed by atoms with Crippen molar-refractivity contribution in [3.63, 3.8) is 0 Å². The second-order valence-electron chi connectivity index (χ2n) is 5.44. The standard InChI is InChI=1S/C16H26O4/c1-4-5-6-8-14(12(2)11-18)13(3)16(20)15(19)9-7-10-17/h10-14H,4-9H2,1-3H3. The molecule has 0 rings (SSSR count). The van der Waals surface area contributed by atoms with Crippen LogP contribution in [0.3, 0.4) is 0 Å². The van der Waals surface area contributed by atoms with Crippen LogP contribution < -0.4 is 0 Å². The van der Waals surface area contributed by atoms with Crippen molar-refractivity contribution in [3.05, 3.63) is 0 Å². The summed E-state index contributed by atoms with van der Waals surface area (Å²) in [6, 6.07) is 0. The van der Waals surface area contributed by atoms with Crippen LogP contribution >= 0.6 is 0 Å². The quantitative estimate of drug-likeness (QED) is 0.313. The van der Waals surface area contributed by atoms with Gasteiger partial charge in [-0.2, -0.15) is 0 Å². The van der Waals surface area contributed by atoms with Crippen LogP contribution in [0.4, 0.5) is 0 Å². The number of Topliss-reactive ketones (excluding diaryl/α,β-unsaturated/α-hetero) is 2. The summed E-state index contributed by atoms with van der Waals surface area (Å²) in [5.41, 5.74) is 0. The van der Waals surface area contributed by atoms with Crippen molar-refractivity contribution in [2.45, 2.75) is 59.3 Å². The third-order valence-electron chi connectivity index (χ3n) is 3.85. The highest BCUT2D eigenvalue weighted by Gasteiger charge is 2.31. The van der Waals surface area contributed by atoms with E-state index in [2.05, 4.69) is 6.92 Å². The van der Waals surface area contributed by atoms with Gasteiger partial charge < -0.3 is 9.59 Å². The molecule has 4 heteroatoms. The molecule has 0 radical (unpaired) electrons. The zero-order valence-corrected chi connectivity index (χ0v) is 12.8. The molecule has 0 N–H and O–H groups in total. The Hall–Kier alpha value is -1.32. The lowest BCUT2D eigenvalue weighted by Gasteiger charge is -2.25. The predicted octanol–water partition coefficient (Wildman–Crippen LogP) is 2.77. The summed E-state index contributed by atoms with van der Waals surface area (Å²) < 4.78 is 0. The number of hydrogen-bond acceptors (Lipinski definition) is 4. The number of carbonyl (C=O) groups excluding carboxylic acids is 4. The molecular weight excluding hydrogens is 256 g/mol. The van der Waals surface area contributed by atoms with Crippen LogP contribution in [-0.4, -0.2) is 24.1 Å². The van der Waals surface area contributed by atoms with E-state index in [4.69, 9.17) is 0 Å². The number of carbonyl (C=O) groups is 4. The Bertz CT molecular complexity index is 335. The van der Waals surface area contributed by atoms with E-state index in [-0.39, 0.29) is 24.7 Å². The molecule has 0 fully saturated rings. The van der Waals surface area contributed by atoms with E-state index in [1.165, 1.54) is 0 Å². The molecule has 3 atom stereocenters. The summed E-state index contributed by atoms with van der Waals surface area (Å²) >= 11 is 0. The van der Waals surface area contributed by atoms with Crippen LogP contribution in [0.2, 0.25) is 0 Å². The van der Waals surface area contributed by atoms with Gasteiger partial charge in [-0.05, 0) is 12.3 Å². The first kappa shape index (κ1) is 18.7. The van der Waals surface area contributed by atoms with Crippen molar-refractivity contribution in [2.24, 2.45) is 17.8 Å². The molecule has 0 saturated heterocycles. The van der Waals surface area contributed by atoms with Crippen molar-refractivity contribution in [1.82, 2.24) is 0 Å². The average molecular weight is 282 g/mol. The predicted molar refractivity (Wildman–Crippen MR) is 77.3 cm³/mol. The maximum atomic E-state index is 12.1. The Morgan fingerprint density at radius 2 is 1.75 bits per heavy atom. The second kappa shape index (κ2) is 10.5. The van der Waals surface area contributed by atoms with E-state index in [1.807, 2.05) is 0 Å². The fraction of sp³-hybridized carbons (Fsp3) is 0.750. The Balaban J connectivity index is 4.69. The van der Waals surface area contributed by atoms with Crippen LogP contribution in [0, 0.1) is 17.8 Å². The molecule has 0 saturated carbocycles. The van der Waals surface area contributed by atoms with Gasteiger partial charge in [0.05, 0.1) is 0 Å². The van der Waals surface area contributed by atoms with Crippen LogP contribution in [0.25, 0.3) is 0 Å². The van der Waals surface area contributed by atoms with Gasteiger partial charge in [0.1, 0.15) is 12.6 Å². The van der Waals surface area contributed by atoms with Gasteiger partial charge in [0.2, 0.25) is 5.78 Å². The first-order valence-electron chi connectivity index (χ1n) is 7.45. The molecule has 0 spiro atoms. The van der Waals surface area contributed by atoms with Crippen LogP contribution in [0.5, 0.6) is 0 Å². The molecule has 3 unspecified atom stereocenters. The molecule has 0 heterocycles. The number of ketones is 2. The van der Waals surface area contributed by atoms with Crippen molar-refractivity contribution in [2.75, 3.05) is 0 Å². The third-order valence-corrected chi connectivity index (χ3v) is 3.85. The van der Waals surface area contributed by atoms with Gasteiger partial charge in [-0.3, -0.25) is 9.59 Å². The largest absolute Gasteiger partial charge is 0.303 e. The van der Waals surface area contributed by atoms with E-state index < -0.39 is 17.5 Å². The Kier molecular flexibility index (Phi) is 9.77. The first-order chi connectivity index (χ1) is 9.49. The van der Waals surface area contributed by atoms with Crippen molar-refractivity contribution >= 4 is 24.1 Å². The highest BCUT2D eigenvalue weighted by atomic mass is 16.2. The molecule has 20 heavy (non-hydrogen) atoms. The third kappa shape index (κ3) is 6.22. The van der Waals surface area contributed by atoms with Gasteiger partial charge in [0.15, 0.2) is 5.78 Å². The minimum absolute atomic E-state index is 0.0240. The maximum Gasteiger partial charge on any atom is 0.201 e. The van der Waals surface area contributed by atoms with Gasteiger partial charge in [-0.25, -0.2) is 0 Å². The van der Waals surface area contributed by atoms with Gasteiger partial charge in [0.25, 0.3) is 0 Å². The molecule has 0 amide bonds. The lowest BCUT2D eigenvalue weighted by Crippen LogP contribution is -2.31. The number of hydrogen-bond donors (Lipinski definition) is 0. The van der Waals surface area contributed by atoms with E-state index in [0.29, 0.717) is 6.29 Å². The van der Waals surface area contributed by atoms with E-state index in [1.54, 1.807) is 13.8 Å². The number of unbranched alkanes of at least 4 members (excludes halogenated alkanes) is 2. The fourth-order valence-electron chi connectivity index (χ4n) is 2.46. The molecule has 0 bridgehead atoms. The molecule has 0 aromatic carbocycles. The normalized spacial score (nSPS) is 15.2. The van der Waals surface area contributed by atoms with Gasteiger partial charge in [0, 0.05) is 24.7 Å². The van der Waals surface area contributed by atoms with Crippen LogP contribution in [-0.2, 0) is 19.2 Å². The molecule has 0 aliphatic heterocycles. The fourth-order valence-corrected chi connectivity index (χ4v) is 2.46. The Labute approximate surface area is 121 Å². The van der Waals surface area contributed by atoms with Gasteiger partial charge in [-0.1, -0.05) is 40.0 Å². The molecule has 0 aromatic rings. The van der Waals surface area contributed by atoms with Crippen molar-refractivity contribution in [3.8, 4) is 0 Å². The smallest absolute Gasteiger partial charge is 0.201 e. The summed E-state index contributed by atoms with van der Waals surface area (Å²) in [6.07, 6.45) is 5.43. The lowest BCUT2D eigenvalue weighted by atomic mass is 9.77. The molecule has 114 valence electrons. The molecule has 0 aliphatic carbocycles. The highest BCUT2D eigenvalue weighted by molar-refractivity contribution is 6.38. The van der Waals surface area contributed by atoms with E-state index in [9.17, 15) is 19.2 Å². The van der Waals surface area contributed by atoms with Crippen molar-refractivity contribution < 1.29 is 19.2 Å². The zero-order chi connectivity index (χ0) is 15.5. The van der Waals surface area contributed by atoms with Crippen LogP contribution in [0.15, 0.2) is 0 Å². The zero-order valence-electron chi connectivity index (χ0n) is 12.8. The number of rotatable bonds is 12. The minimum Gasteiger partial charge on any atom is -0.303 e. The van der Waals surface area contributed by atoms with Crippen molar-refractivity contribution in [1.29, 1.82) is 0 Å². The monoisotopic (exact) mass is 282 g/mol. The second-order valence-corrected chi connectivity index (χ2v) is 5.44. The van der Waals surface area contributed by atoms with Gasteiger partial charge >= 0.3 is 0 Å². The summed E-state index contributed by atoms with van der Waals surface area (Å²) in [4.78, 5) is 45.0. The molecule has 0 aromatic heterocycles. The Morgan fingerprint density at radius 3 is 2.25 bits per heavy atom. The maximum absolute atomic E-state index is 12.1. The minimum atomic E-state index is -0.497. The van der Waals surface area contributed by atoms with Gasteiger partial charge in [-0.15, -0.1) is 0 Å². The van der Waals surface area contributed by atoms with E-state index in [0.717, 1.165) is 32.0 Å². The highest BCUT2D eigenvalue weighted by Crippen LogP contribution is 2.27. The topological polar surface area (TPSA) is 68.3 Å². The summed E-state index contributed by atoms with van der Waals surface area (Å²) in [7, 11) is 0. The van der Waals surface area contributed by atoms with E-state index >= 15 is 0 Å². The summed E-state index contributed by atoms with van der Waals surface area (Å²) in [5.74, 6) is -1.71. The molecule has 4 nitrogen and oxygen atoms in total.